The van der Waals surface area contributed by atoms with E-state index in [0.717, 1.165) is 0 Å². The van der Waals surface area contributed by atoms with Gasteiger partial charge in [0, 0.05) is 31.2 Å². The van der Waals surface area contributed by atoms with Crippen molar-refractivity contribution in [2.24, 2.45) is 0 Å². The van der Waals surface area contributed by atoms with Crippen LogP contribution in [-0.2, 0) is 9.59 Å². The van der Waals surface area contributed by atoms with Gasteiger partial charge in [-0.3, -0.25) is 14.5 Å². The molecule has 1 aliphatic rings. The Morgan fingerprint density at radius 2 is 1.76 bits per heavy atom. The predicted molar refractivity (Wildman–Crippen MR) is 77.6 cm³/mol. The molecular formula is C14H17ClN2O4. The number of carboxylic acid groups (broad SMARTS) is 1. The molecule has 1 aliphatic heterocycles. The molecule has 1 aromatic carbocycles. The van der Waals surface area contributed by atoms with Gasteiger partial charge in [-0.25, -0.2) is 0 Å². The van der Waals surface area contributed by atoms with E-state index in [1.54, 1.807) is 29.2 Å². The predicted octanol–water partition coefficient (Wildman–Crippen LogP) is 0.948. The lowest BCUT2D eigenvalue weighted by molar-refractivity contribution is -0.139. The van der Waals surface area contributed by atoms with Crippen molar-refractivity contribution in [3.05, 3.63) is 29.3 Å². The maximum atomic E-state index is 12.0. The molecule has 0 aromatic heterocycles. The van der Waals surface area contributed by atoms with Crippen LogP contribution < -0.4 is 4.74 Å². The standard InChI is InChI=1S/C14H17ClN2O4/c15-11-1-3-12(4-2-11)21-10-13(18)17-7-5-16(6-8-17)9-14(19)20/h1-4H,5-10H2,(H,19,20). The Balaban J connectivity index is 1.74. The molecule has 0 aliphatic carbocycles. The third kappa shape index (κ3) is 4.91. The van der Waals surface area contributed by atoms with Crippen LogP contribution in [0.1, 0.15) is 0 Å². The highest BCUT2D eigenvalue weighted by molar-refractivity contribution is 6.30. The van der Waals surface area contributed by atoms with E-state index in [-0.39, 0.29) is 19.1 Å². The first-order valence-corrected chi connectivity index (χ1v) is 7.02. The molecule has 0 saturated carbocycles. The lowest BCUT2D eigenvalue weighted by atomic mass is 10.3. The van der Waals surface area contributed by atoms with Gasteiger partial charge in [-0.15, -0.1) is 0 Å². The maximum Gasteiger partial charge on any atom is 0.317 e. The van der Waals surface area contributed by atoms with Crippen LogP contribution in [-0.4, -0.2) is 66.1 Å². The Bertz CT molecular complexity index is 498. The molecule has 0 unspecified atom stereocenters. The second-order valence-electron chi connectivity index (χ2n) is 4.79. The number of aliphatic carboxylic acids is 1. The van der Waals surface area contributed by atoms with E-state index in [9.17, 15) is 9.59 Å². The zero-order chi connectivity index (χ0) is 15.2. The summed E-state index contributed by atoms with van der Waals surface area (Å²) in [5.41, 5.74) is 0. The number of amides is 1. The molecule has 114 valence electrons. The van der Waals surface area contributed by atoms with Gasteiger partial charge in [-0.05, 0) is 24.3 Å². The van der Waals surface area contributed by atoms with Gasteiger partial charge in [0.2, 0.25) is 0 Å². The van der Waals surface area contributed by atoms with E-state index in [0.29, 0.717) is 37.0 Å². The summed E-state index contributed by atoms with van der Waals surface area (Å²) in [5, 5.41) is 9.33. The van der Waals surface area contributed by atoms with Crippen molar-refractivity contribution in [3.8, 4) is 5.75 Å². The number of nitrogens with zero attached hydrogens (tertiary/aromatic N) is 2. The van der Waals surface area contributed by atoms with Crippen LogP contribution in [0.15, 0.2) is 24.3 Å². The zero-order valence-electron chi connectivity index (χ0n) is 11.5. The SMILES string of the molecule is O=C(O)CN1CCN(C(=O)COc2ccc(Cl)cc2)CC1. The highest BCUT2D eigenvalue weighted by Gasteiger charge is 2.22. The van der Waals surface area contributed by atoms with Gasteiger partial charge >= 0.3 is 5.97 Å². The molecule has 0 atom stereocenters. The van der Waals surface area contributed by atoms with Crippen LogP contribution in [0.2, 0.25) is 5.02 Å². The molecule has 6 nitrogen and oxygen atoms in total. The fraction of sp³-hybridized carbons (Fsp3) is 0.429. The van der Waals surface area contributed by atoms with Gasteiger partial charge in [0.25, 0.3) is 5.91 Å². The number of benzene rings is 1. The minimum absolute atomic E-state index is 0.0172. The molecule has 1 saturated heterocycles. The number of carbonyl (C=O) groups excluding carboxylic acids is 1. The molecular weight excluding hydrogens is 296 g/mol. The second kappa shape index (κ2) is 7.28. The lowest BCUT2D eigenvalue weighted by Crippen LogP contribution is -2.51. The van der Waals surface area contributed by atoms with Crippen molar-refractivity contribution >= 4 is 23.5 Å². The third-order valence-electron chi connectivity index (χ3n) is 3.26. The van der Waals surface area contributed by atoms with E-state index in [4.69, 9.17) is 21.4 Å². The van der Waals surface area contributed by atoms with Crippen molar-refractivity contribution in [2.75, 3.05) is 39.3 Å². The normalized spacial score (nSPS) is 15.8. The maximum absolute atomic E-state index is 12.0. The smallest absolute Gasteiger partial charge is 0.317 e. The monoisotopic (exact) mass is 312 g/mol. The second-order valence-corrected chi connectivity index (χ2v) is 5.23. The summed E-state index contributed by atoms with van der Waals surface area (Å²) in [6, 6.07) is 6.82. The summed E-state index contributed by atoms with van der Waals surface area (Å²) in [6.07, 6.45) is 0. The van der Waals surface area contributed by atoms with E-state index >= 15 is 0 Å². The Morgan fingerprint density at radius 1 is 1.14 bits per heavy atom. The number of ether oxygens (including phenoxy) is 1. The molecule has 2 rings (SSSR count). The number of piperazine rings is 1. The first kappa shape index (κ1) is 15.6. The Morgan fingerprint density at radius 3 is 2.33 bits per heavy atom. The average molecular weight is 313 g/mol. The number of halogens is 1. The number of hydrogen-bond acceptors (Lipinski definition) is 4. The molecule has 0 spiro atoms. The average Bonchev–Trinajstić information content (AvgIpc) is 2.46. The van der Waals surface area contributed by atoms with E-state index in [1.165, 1.54) is 0 Å². The van der Waals surface area contributed by atoms with Crippen LogP contribution in [0, 0.1) is 0 Å². The third-order valence-corrected chi connectivity index (χ3v) is 3.51. The quantitative estimate of drug-likeness (QED) is 0.876. The first-order chi connectivity index (χ1) is 10.0. The number of carbonyl (C=O) groups is 2. The number of carboxylic acids is 1. The summed E-state index contributed by atoms with van der Waals surface area (Å²) in [4.78, 5) is 26.1. The van der Waals surface area contributed by atoms with Crippen LogP contribution in [0.4, 0.5) is 0 Å². The molecule has 1 heterocycles. The van der Waals surface area contributed by atoms with E-state index < -0.39 is 5.97 Å². The highest BCUT2D eigenvalue weighted by Crippen LogP contribution is 2.15. The lowest BCUT2D eigenvalue weighted by Gasteiger charge is -2.33. The molecule has 21 heavy (non-hydrogen) atoms. The largest absolute Gasteiger partial charge is 0.484 e. The summed E-state index contributed by atoms with van der Waals surface area (Å²) in [5.74, 6) is -0.349. The van der Waals surface area contributed by atoms with Gasteiger partial charge in [0.1, 0.15) is 5.75 Å². The van der Waals surface area contributed by atoms with Crippen molar-refractivity contribution < 1.29 is 19.4 Å². The fourth-order valence-electron chi connectivity index (χ4n) is 2.11. The van der Waals surface area contributed by atoms with Crippen LogP contribution >= 0.6 is 11.6 Å². The Kier molecular flexibility index (Phi) is 5.41. The van der Waals surface area contributed by atoms with Crippen LogP contribution in [0.3, 0.4) is 0 Å². The molecule has 1 amide bonds. The first-order valence-electron chi connectivity index (χ1n) is 6.65. The summed E-state index contributed by atoms with van der Waals surface area (Å²) < 4.78 is 5.41. The molecule has 1 fully saturated rings. The Hall–Kier alpha value is -1.79. The van der Waals surface area contributed by atoms with Gasteiger partial charge in [-0.1, -0.05) is 11.6 Å². The van der Waals surface area contributed by atoms with Gasteiger partial charge in [0.15, 0.2) is 6.61 Å². The van der Waals surface area contributed by atoms with Crippen LogP contribution in [0.25, 0.3) is 0 Å². The molecule has 0 radical (unpaired) electrons. The van der Waals surface area contributed by atoms with E-state index in [1.807, 2.05) is 4.90 Å². The van der Waals surface area contributed by atoms with Crippen molar-refractivity contribution in [1.82, 2.24) is 9.80 Å². The van der Waals surface area contributed by atoms with E-state index in [2.05, 4.69) is 0 Å². The summed E-state index contributed by atoms with van der Waals surface area (Å²) in [6.45, 7) is 2.17. The van der Waals surface area contributed by atoms with Crippen molar-refractivity contribution in [3.63, 3.8) is 0 Å². The van der Waals surface area contributed by atoms with Gasteiger partial charge < -0.3 is 14.7 Å². The van der Waals surface area contributed by atoms with Crippen molar-refractivity contribution in [1.29, 1.82) is 0 Å². The Labute approximate surface area is 127 Å². The highest BCUT2D eigenvalue weighted by atomic mass is 35.5. The number of hydrogen-bond donors (Lipinski definition) is 1. The fourth-order valence-corrected chi connectivity index (χ4v) is 2.24. The van der Waals surface area contributed by atoms with Crippen molar-refractivity contribution in [2.45, 2.75) is 0 Å². The van der Waals surface area contributed by atoms with Gasteiger partial charge in [-0.2, -0.15) is 0 Å². The summed E-state index contributed by atoms with van der Waals surface area (Å²) >= 11 is 5.77. The minimum Gasteiger partial charge on any atom is -0.484 e. The minimum atomic E-state index is -0.846. The molecule has 7 heteroatoms. The molecule has 1 aromatic rings. The van der Waals surface area contributed by atoms with Crippen LogP contribution in [0.5, 0.6) is 5.75 Å². The summed E-state index contributed by atoms with van der Waals surface area (Å²) in [7, 11) is 0. The number of rotatable bonds is 5. The van der Waals surface area contributed by atoms with Gasteiger partial charge in [0.05, 0.1) is 6.54 Å². The zero-order valence-corrected chi connectivity index (χ0v) is 12.3. The molecule has 0 bridgehead atoms. The topological polar surface area (TPSA) is 70.1 Å². The molecule has 1 N–H and O–H groups in total.